The molecule has 0 bridgehead atoms. The first-order chi connectivity index (χ1) is 24.2. The fourth-order valence-electron chi connectivity index (χ4n) is 4.68. The van der Waals surface area contributed by atoms with Gasteiger partial charge in [0.05, 0.1) is 70.5 Å². The predicted octanol–water partition coefficient (Wildman–Crippen LogP) is 2.88. The SMILES string of the molecule is [C-]#[N+]c1sc(N=Nc2ccc(N(CCOCCO)CCOCCOCCOC(=O)CC(C/C=C/CCCCC)C(=O)[O-])cc2C)c(C#N)c1C.[Na+]. The Balaban J connectivity index is 0.0000130. The Hall–Kier alpha value is -3.18. The predicted molar refractivity (Wildman–Crippen MR) is 189 cm³/mol. The average Bonchev–Trinajstić information content (AvgIpc) is 3.42. The molecule has 0 aliphatic heterocycles. The van der Waals surface area contributed by atoms with Crippen LogP contribution < -0.4 is 39.6 Å². The molecule has 1 atom stereocenters. The van der Waals surface area contributed by atoms with Crippen LogP contribution in [0.25, 0.3) is 4.85 Å². The first kappa shape index (κ1) is 45.8. The number of esters is 1. The van der Waals surface area contributed by atoms with Crippen LogP contribution in [-0.2, 0) is 28.5 Å². The number of azo groups is 1. The zero-order valence-electron chi connectivity index (χ0n) is 30.2. The molecule has 2 rings (SSSR count). The standard InChI is InChI=1S/C36H49N5O8S.Na/c1-5-6-7-8-9-10-11-29(36(44)45)25-33(43)49-23-22-48-21-20-47-18-15-41(14-17-46-19-16-42)30-12-13-32(27(2)24-30)39-40-35-31(26-37)28(3)34(38-4)50-35;/h9-10,12-13,24,29,42H,5-8,11,14-23,25H2,1-3H3,(H,44,45);/q;+1/p-1/b10-9+,40-39?;. The molecule has 272 valence electrons. The van der Waals surface area contributed by atoms with Crippen LogP contribution in [0.5, 0.6) is 0 Å². The van der Waals surface area contributed by atoms with Crippen molar-refractivity contribution in [1.29, 1.82) is 5.26 Å². The van der Waals surface area contributed by atoms with E-state index in [2.05, 4.69) is 33.0 Å². The van der Waals surface area contributed by atoms with E-state index in [0.717, 1.165) is 48.3 Å². The van der Waals surface area contributed by atoms with Gasteiger partial charge in [0.1, 0.15) is 17.7 Å². The number of benzene rings is 1. The van der Waals surface area contributed by atoms with Gasteiger partial charge in [0.25, 0.3) is 0 Å². The number of aliphatic hydroxyl groups excluding tert-OH is 1. The van der Waals surface area contributed by atoms with Crippen LogP contribution in [0.15, 0.2) is 40.6 Å². The summed E-state index contributed by atoms with van der Waals surface area (Å²) in [6.07, 6.45) is 7.90. The number of carbonyl (C=O) groups excluding carboxylic acids is 2. The quantitative estimate of drug-likeness (QED) is 0.0379. The summed E-state index contributed by atoms with van der Waals surface area (Å²) in [4.78, 5) is 29.1. The van der Waals surface area contributed by atoms with Crippen molar-refractivity contribution in [3.8, 4) is 6.07 Å². The number of nitrogens with zero attached hydrogens (tertiary/aromatic N) is 5. The van der Waals surface area contributed by atoms with E-state index >= 15 is 0 Å². The molecule has 1 unspecified atom stereocenters. The van der Waals surface area contributed by atoms with Crippen molar-refractivity contribution >= 4 is 44.7 Å². The fraction of sp³-hybridized carbons (Fsp3) is 0.556. The minimum Gasteiger partial charge on any atom is -0.550 e. The molecule has 1 aromatic heterocycles. The van der Waals surface area contributed by atoms with Crippen molar-refractivity contribution in [3.63, 3.8) is 0 Å². The third kappa shape index (κ3) is 17.7. The molecule has 0 spiro atoms. The molecule has 0 saturated heterocycles. The largest absolute Gasteiger partial charge is 1.00 e. The number of aliphatic hydroxyl groups is 1. The molecule has 13 nitrogen and oxygen atoms in total. The summed E-state index contributed by atoms with van der Waals surface area (Å²) >= 11 is 1.14. The molecular weight excluding hydrogens is 685 g/mol. The van der Waals surface area contributed by atoms with E-state index in [4.69, 9.17) is 30.6 Å². The molecule has 0 fully saturated rings. The fourth-order valence-corrected chi connectivity index (χ4v) is 5.55. The van der Waals surface area contributed by atoms with Crippen LogP contribution in [0.3, 0.4) is 0 Å². The van der Waals surface area contributed by atoms with Gasteiger partial charge in [-0.05, 0) is 62.4 Å². The van der Waals surface area contributed by atoms with E-state index in [1.807, 2.05) is 31.2 Å². The van der Waals surface area contributed by atoms with Crippen molar-refractivity contribution in [2.75, 3.05) is 70.8 Å². The van der Waals surface area contributed by atoms with Gasteiger partial charge < -0.3 is 38.9 Å². The third-order valence-corrected chi connectivity index (χ3v) is 8.60. The topological polar surface area (TPSA) is 170 Å². The second-order valence-electron chi connectivity index (χ2n) is 11.3. The Morgan fingerprint density at radius 1 is 1.06 bits per heavy atom. The van der Waals surface area contributed by atoms with Gasteiger partial charge in [-0.2, -0.15) is 5.26 Å². The zero-order valence-corrected chi connectivity index (χ0v) is 33.0. The third-order valence-electron chi connectivity index (χ3n) is 7.53. The number of thiophene rings is 1. The molecular formula is C36H48N5NaO8S. The summed E-state index contributed by atoms with van der Waals surface area (Å²) in [7, 11) is 0. The summed E-state index contributed by atoms with van der Waals surface area (Å²) in [5.41, 5.74) is 3.38. The molecule has 1 heterocycles. The smallest absolute Gasteiger partial charge is 0.550 e. The molecule has 0 aliphatic carbocycles. The van der Waals surface area contributed by atoms with Gasteiger partial charge in [-0.15, -0.1) is 21.6 Å². The van der Waals surface area contributed by atoms with Gasteiger partial charge in [-0.3, -0.25) is 4.79 Å². The number of carbonyl (C=O) groups is 2. The van der Waals surface area contributed by atoms with Gasteiger partial charge in [0, 0.05) is 30.7 Å². The number of hydrogen-bond acceptors (Lipinski definition) is 13. The number of hydrogen-bond donors (Lipinski definition) is 1. The van der Waals surface area contributed by atoms with E-state index in [9.17, 15) is 20.0 Å². The minimum atomic E-state index is -1.27. The molecule has 1 aromatic carbocycles. The number of allylic oxidation sites excluding steroid dienone is 2. The van der Waals surface area contributed by atoms with E-state index < -0.39 is 17.9 Å². The summed E-state index contributed by atoms with van der Waals surface area (Å²) < 4.78 is 21.9. The van der Waals surface area contributed by atoms with Crippen molar-refractivity contribution in [3.05, 3.63) is 58.5 Å². The number of aryl methyl sites for hydroxylation is 1. The molecule has 0 amide bonds. The molecule has 2 aromatic rings. The summed E-state index contributed by atoms with van der Waals surface area (Å²) in [5, 5.41) is 39.4. The van der Waals surface area contributed by atoms with Gasteiger partial charge >= 0.3 is 35.5 Å². The second-order valence-corrected chi connectivity index (χ2v) is 12.3. The maximum absolute atomic E-state index is 12.1. The molecule has 51 heavy (non-hydrogen) atoms. The number of anilines is 1. The minimum absolute atomic E-state index is 0. The Morgan fingerprint density at radius 2 is 1.75 bits per heavy atom. The molecule has 15 heteroatoms. The maximum Gasteiger partial charge on any atom is 1.00 e. The van der Waals surface area contributed by atoms with Crippen molar-refractivity contribution < 1.29 is 68.3 Å². The number of rotatable bonds is 26. The van der Waals surface area contributed by atoms with Crippen LogP contribution >= 0.6 is 11.3 Å². The van der Waals surface area contributed by atoms with Crippen molar-refractivity contribution in [2.24, 2.45) is 16.1 Å². The number of carboxylic acid groups (broad SMARTS) is 1. The van der Waals surface area contributed by atoms with E-state index in [1.54, 1.807) is 13.0 Å². The van der Waals surface area contributed by atoms with Gasteiger partial charge in [0.15, 0.2) is 0 Å². The molecule has 0 radical (unpaired) electrons. The number of nitriles is 1. The van der Waals surface area contributed by atoms with E-state index in [0.29, 0.717) is 59.7 Å². The van der Waals surface area contributed by atoms with Crippen LogP contribution in [-0.4, -0.2) is 83.0 Å². The second kappa shape index (κ2) is 27.5. The Bertz CT molecular complexity index is 1490. The Labute approximate surface area is 327 Å². The first-order valence-electron chi connectivity index (χ1n) is 16.8. The maximum atomic E-state index is 12.1. The Morgan fingerprint density at radius 3 is 2.37 bits per heavy atom. The van der Waals surface area contributed by atoms with Crippen molar-refractivity contribution in [1.82, 2.24) is 0 Å². The van der Waals surface area contributed by atoms with Crippen LogP contribution in [0.4, 0.5) is 21.4 Å². The number of unbranched alkanes of at least 4 members (excludes halogenated alkanes) is 3. The summed E-state index contributed by atoms with van der Waals surface area (Å²) in [6.45, 7) is 15.9. The summed E-state index contributed by atoms with van der Waals surface area (Å²) in [5.74, 6) is -2.79. The van der Waals surface area contributed by atoms with E-state index in [1.165, 1.54) is 0 Å². The first-order valence-corrected chi connectivity index (χ1v) is 17.6. The van der Waals surface area contributed by atoms with Crippen LogP contribution in [0.1, 0.15) is 62.1 Å². The number of aliphatic carboxylic acids is 1. The molecule has 1 N–H and O–H groups in total. The number of carboxylic acids is 1. The zero-order chi connectivity index (χ0) is 36.6. The van der Waals surface area contributed by atoms with E-state index in [-0.39, 0.29) is 75.4 Å². The van der Waals surface area contributed by atoms with Gasteiger partial charge in [-0.1, -0.05) is 31.9 Å². The summed E-state index contributed by atoms with van der Waals surface area (Å²) in [6, 6.07) is 7.83. The monoisotopic (exact) mass is 733 g/mol. The van der Waals surface area contributed by atoms with Gasteiger partial charge in [0.2, 0.25) is 5.00 Å². The molecule has 0 aliphatic rings. The van der Waals surface area contributed by atoms with Gasteiger partial charge in [-0.25, -0.2) is 4.85 Å². The van der Waals surface area contributed by atoms with Crippen molar-refractivity contribution in [2.45, 2.75) is 59.3 Å². The molecule has 0 saturated carbocycles. The van der Waals surface area contributed by atoms with Crippen LogP contribution in [0, 0.1) is 37.7 Å². The van der Waals surface area contributed by atoms with Crippen LogP contribution in [0.2, 0.25) is 0 Å². The normalized spacial score (nSPS) is 11.6. The average molecular weight is 734 g/mol. The Kier molecular flexibility index (Phi) is 24.7. The number of ether oxygens (including phenoxy) is 4.